The summed E-state index contributed by atoms with van der Waals surface area (Å²) in [4.78, 5) is 25.4. The molecule has 5 heteroatoms. The largest absolute Gasteiger partial charge is 0.495 e. The quantitative estimate of drug-likeness (QED) is 0.852. The summed E-state index contributed by atoms with van der Waals surface area (Å²) in [5.41, 5.74) is 0.943. The van der Waals surface area contributed by atoms with Gasteiger partial charge in [0, 0.05) is 17.7 Å². The van der Waals surface area contributed by atoms with Gasteiger partial charge in [-0.25, -0.2) is 0 Å². The van der Waals surface area contributed by atoms with Gasteiger partial charge in [0.05, 0.1) is 12.8 Å². The zero-order valence-electron chi connectivity index (χ0n) is 13.9. The highest BCUT2D eigenvalue weighted by molar-refractivity contribution is 5.99. The molecule has 1 aromatic carbocycles. The van der Waals surface area contributed by atoms with Crippen LogP contribution in [0.3, 0.4) is 0 Å². The Kier molecular flexibility index (Phi) is 3.76. The molecule has 0 atom stereocenters. The number of nitriles is 1. The number of benzene rings is 1. The van der Waals surface area contributed by atoms with Gasteiger partial charge in [0.15, 0.2) is 5.78 Å². The smallest absolute Gasteiger partial charge is 0.273 e. The van der Waals surface area contributed by atoms with Crippen molar-refractivity contribution in [1.82, 2.24) is 4.57 Å². The van der Waals surface area contributed by atoms with Gasteiger partial charge in [-0.2, -0.15) is 5.26 Å². The molecule has 0 radical (unpaired) electrons. The summed E-state index contributed by atoms with van der Waals surface area (Å²) in [6.07, 6.45) is 0.974. The normalized spacial score (nSPS) is 15.5. The summed E-state index contributed by atoms with van der Waals surface area (Å²) in [7, 11) is 1.53. The number of ether oxygens (including phenoxy) is 1. The molecule has 0 unspecified atom stereocenters. The molecule has 1 aromatic heterocycles. The van der Waals surface area contributed by atoms with E-state index >= 15 is 0 Å². The first-order valence-corrected chi connectivity index (χ1v) is 7.73. The van der Waals surface area contributed by atoms with Gasteiger partial charge in [0.2, 0.25) is 0 Å². The molecule has 0 bridgehead atoms. The van der Waals surface area contributed by atoms with E-state index in [0.29, 0.717) is 35.5 Å². The molecule has 24 heavy (non-hydrogen) atoms. The average Bonchev–Trinajstić information content (AvgIpc) is 2.53. The van der Waals surface area contributed by atoms with Crippen LogP contribution in [0.15, 0.2) is 35.1 Å². The third kappa shape index (κ3) is 2.50. The molecule has 3 rings (SSSR count). The first kappa shape index (κ1) is 16.0. The maximum absolute atomic E-state index is 12.8. The topological polar surface area (TPSA) is 72.1 Å². The molecular weight excluding hydrogens is 304 g/mol. The van der Waals surface area contributed by atoms with E-state index in [-0.39, 0.29) is 16.8 Å². The van der Waals surface area contributed by atoms with Crippen LogP contribution in [0.25, 0.3) is 5.69 Å². The number of para-hydroxylation sites is 2. The van der Waals surface area contributed by atoms with Crippen molar-refractivity contribution in [2.24, 2.45) is 5.41 Å². The van der Waals surface area contributed by atoms with E-state index in [1.807, 2.05) is 26.0 Å². The van der Waals surface area contributed by atoms with Crippen LogP contribution in [0.2, 0.25) is 0 Å². The number of carbonyl (C=O) groups is 1. The first-order chi connectivity index (χ1) is 11.4. The van der Waals surface area contributed by atoms with Gasteiger partial charge in [0.25, 0.3) is 5.56 Å². The Morgan fingerprint density at radius 2 is 1.92 bits per heavy atom. The number of nitrogens with zero attached hydrogens (tertiary/aromatic N) is 2. The Morgan fingerprint density at radius 3 is 2.58 bits per heavy atom. The van der Waals surface area contributed by atoms with Gasteiger partial charge in [0.1, 0.15) is 17.4 Å². The molecule has 2 aromatic rings. The highest BCUT2D eigenvalue weighted by atomic mass is 16.5. The summed E-state index contributed by atoms with van der Waals surface area (Å²) in [6, 6.07) is 10.5. The minimum Gasteiger partial charge on any atom is -0.495 e. The van der Waals surface area contributed by atoms with Crippen LogP contribution < -0.4 is 10.3 Å². The van der Waals surface area contributed by atoms with E-state index in [1.54, 1.807) is 18.2 Å². The molecule has 0 aliphatic heterocycles. The molecule has 0 amide bonds. The fourth-order valence-electron chi connectivity index (χ4n) is 3.26. The third-order valence-corrected chi connectivity index (χ3v) is 4.34. The summed E-state index contributed by atoms with van der Waals surface area (Å²) < 4.78 is 6.83. The van der Waals surface area contributed by atoms with Gasteiger partial charge in [-0.05, 0) is 30.0 Å². The van der Waals surface area contributed by atoms with Crippen molar-refractivity contribution in [3.05, 3.63) is 57.5 Å². The molecule has 1 aliphatic rings. The first-order valence-electron chi connectivity index (χ1n) is 7.73. The molecule has 0 N–H and O–H groups in total. The standard InChI is InChI=1S/C19H18N2O3/c1-19(2)9-15-13(16(22)10-19)8-12(11-20)18(23)21(15)14-6-4-5-7-17(14)24-3/h4-8H,9-10H2,1-3H3. The third-order valence-electron chi connectivity index (χ3n) is 4.34. The molecule has 0 saturated carbocycles. The van der Waals surface area contributed by atoms with E-state index in [0.717, 1.165) is 0 Å². The van der Waals surface area contributed by atoms with Crippen molar-refractivity contribution in [3.8, 4) is 17.5 Å². The van der Waals surface area contributed by atoms with Gasteiger partial charge < -0.3 is 4.74 Å². The number of pyridine rings is 1. The van der Waals surface area contributed by atoms with Crippen LogP contribution >= 0.6 is 0 Å². The monoisotopic (exact) mass is 322 g/mol. The van der Waals surface area contributed by atoms with Crippen molar-refractivity contribution in [2.75, 3.05) is 7.11 Å². The van der Waals surface area contributed by atoms with Crippen LogP contribution in [-0.2, 0) is 6.42 Å². The number of Topliss-reactive ketones (excluding diaryl/α,β-unsaturated/α-hetero) is 1. The molecule has 1 heterocycles. The SMILES string of the molecule is COc1ccccc1-n1c2c(cc(C#N)c1=O)C(=O)CC(C)(C)C2. The van der Waals surface area contributed by atoms with Crippen molar-refractivity contribution < 1.29 is 9.53 Å². The van der Waals surface area contributed by atoms with E-state index in [1.165, 1.54) is 17.7 Å². The molecular formula is C19H18N2O3. The lowest BCUT2D eigenvalue weighted by molar-refractivity contribution is 0.0908. The number of aromatic nitrogens is 1. The minimum absolute atomic E-state index is 0.0345. The zero-order valence-corrected chi connectivity index (χ0v) is 13.9. The van der Waals surface area contributed by atoms with Gasteiger partial charge >= 0.3 is 0 Å². The maximum atomic E-state index is 12.8. The van der Waals surface area contributed by atoms with Crippen molar-refractivity contribution in [1.29, 1.82) is 5.26 Å². The zero-order chi connectivity index (χ0) is 17.5. The minimum atomic E-state index is -0.425. The van der Waals surface area contributed by atoms with Crippen LogP contribution in [0.5, 0.6) is 5.75 Å². The molecule has 1 aliphatic carbocycles. The second-order valence-corrected chi connectivity index (χ2v) is 6.78. The summed E-state index contributed by atoms with van der Waals surface area (Å²) >= 11 is 0. The molecule has 122 valence electrons. The number of carbonyl (C=O) groups excluding carboxylic acids is 1. The molecule has 0 spiro atoms. The Balaban J connectivity index is 2.42. The highest BCUT2D eigenvalue weighted by Gasteiger charge is 2.34. The summed E-state index contributed by atoms with van der Waals surface area (Å²) in [5.74, 6) is 0.481. The maximum Gasteiger partial charge on any atom is 0.273 e. The average molecular weight is 322 g/mol. The fourth-order valence-corrected chi connectivity index (χ4v) is 3.26. The Morgan fingerprint density at radius 1 is 1.21 bits per heavy atom. The van der Waals surface area contributed by atoms with Gasteiger partial charge in [-0.1, -0.05) is 26.0 Å². The fraction of sp³-hybridized carbons (Fsp3) is 0.316. The summed E-state index contributed by atoms with van der Waals surface area (Å²) in [5, 5.41) is 9.30. The lowest BCUT2D eigenvalue weighted by Crippen LogP contribution is -2.35. The second-order valence-electron chi connectivity index (χ2n) is 6.78. The van der Waals surface area contributed by atoms with Crippen molar-refractivity contribution in [2.45, 2.75) is 26.7 Å². The van der Waals surface area contributed by atoms with Gasteiger partial charge in [-0.15, -0.1) is 0 Å². The predicted molar refractivity (Wildman–Crippen MR) is 89.7 cm³/mol. The van der Waals surface area contributed by atoms with Gasteiger partial charge in [-0.3, -0.25) is 14.2 Å². The predicted octanol–water partition coefficient (Wildman–Crippen LogP) is 2.87. The van der Waals surface area contributed by atoms with Crippen molar-refractivity contribution >= 4 is 5.78 Å². The molecule has 5 nitrogen and oxygen atoms in total. The lowest BCUT2D eigenvalue weighted by Gasteiger charge is -2.32. The van der Waals surface area contributed by atoms with E-state index in [4.69, 9.17) is 4.74 Å². The van der Waals surface area contributed by atoms with Crippen LogP contribution in [0, 0.1) is 16.7 Å². The number of hydrogen-bond acceptors (Lipinski definition) is 4. The number of rotatable bonds is 2. The van der Waals surface area contributed by atoms with Crippen molar-refractivity contribution in [3.63, 3.8) is 0 Å². The highest BCUT2D eigenvalue weighted by Crippen LogP contribution is 2.36. The van der Waals surface area contributed by atoms with E-state index < -0.39 is 5.56 Å². The number of methoxy groups -OCH3 is 1. The number of ketones is 1. The van der Waals surface area contributed by atoms with E-state index in [9.17, 15) is 14.9 Å². The Labute approximate surface area is 140 Å². The molecule has 0 saturated heterocycles. The number of hydrogen-bond donors (Lipinski definition) is 0. The lowest BCUT2D eigenvalue weighted by atomic mass is 9.75. The summed E-state index contributed by atoms with van der Waals surface area (Å²) in [6.45, 7) is 4.01. The molecule has 0 fully saturated rings. The van der Waals surface area contributed by atoms with Crippen LogP contribution in [-0.4, -0.2) is 17.5 Å². The van der Waals surface area contributed by atoms with E-state index in [2.05, 4.69) is 0 Å². The Hall–Kier alpha value is -2.87. The second kappa shape index (κ2) is 5.64. The Bertz CT molecular complexity index is 933. The number of fused-ring (bicyclic) bond motifs is 1. The van der Waals surface area contributed by atoms with Crippen LogP contribution in [0.1, 0.15) is 41.9 Å². The van der Waals surface area contributed by atoms with Crippen LogP contribution in [0.4, 0.5) is 0 Å².